The average Bonchev–Trinajstić information content (AvgIpc) is 3.95. The Morgan fingerprint density at radius 2 is 0.969 bits per heavy atom. The van der Waals surface area contributed by atoms with Gasteiger partial charge in [-0.2, -0.15) is 8.61 Å². The molecule has 4 aromatic carbocycles. The van der Waals surface area contributed by atoms with Crippen molar-refractivity contribution in [1.82, 2.24) is 18.6 Å². The summed E-state index contributed by atoms with van der Waals surface area (Å²) >= 11 is 3.06. The fourth-order valence-electron chi connectivity index (χ4n) is 7.33. The van der Waals surface area contributed by atoms with Gasteiger partial charge in [0.05, 0.1) is 18.0 Å². The summed E-state index contributed by atoms with van der Waals surface area (Å²) in [6, 6.07) is 21.6. The molecule has 2 fully saturated rings. The number of sulfonamides is 2. The van der Waals surface area contributed by atoms with Gasteiger partial charge in [-0.05, 0) is 66.4 Å². The molecule has 0 amide bonds. The molecule has 0 radical (unpaired) electrons. The molecule has 340 valence electrons. The number of benzene rings is 4. The van der Waals surface area contributed by atoms with Crippen molar-refractivity contribution >= 4 is 53.0 Å². The summed E-state index contributed by atoms with van der Waals surface area (Å²) in [5.41, 5.74) is 5.60. The number of thiazole rings is 2. The third-order valence-corrected chi connectivity index (χ3v) is 16.5. The van der Waals surface area contributed by atoms with Gasteiger partial charge in [-0.25, -0.2) is 44.4 Å². The number of hydrogen-bond donors (Lipinski definition) is 0. The predicted molar refractivity (Wildman–Crippen MR) is 243 cm³/mol. The van der Waals surface area contributed by atoms with E-state index >= 15 is 0 Å². The van der Waals surface area contributed by atoms with Crippen molar-refractivity contribution < 1.29 is 39.1 Å². The van der Waals surface area contributed by atoms with Crippen molar-refractivity contribution in [2.24, 2.45) is 0 Å². The van der Waals surface area contributed by atoms with Gasteiger partial charge in [0.25, 0.3) is 0 Å². The van der Waals surface area contributed by atoms with Gasteiger partial charge in [0.2, 0.25) is 20.0 Å². The molecule has 0 bridgehead atoms. The van der Waals surface area contributed by atoms with Crippen LogP contribution >= 0.6 is 22.7 Å². The Hall–Kier alpha value is -4.92. The molecule has 0 spiro atoms. The summed E-state index contributed by atoms with van der Waals surface area (Å²) in [7, 11) is -8.03. The van der Waals surface area contributed by atoms with Crippen LogP contribution in [0.25, 0.3) is 0 Å². The zero-order chi connectivity index (χ0) is 45.4. The van der Waals surface area contributed by atoms with Crippen LogP contribution in [-0.4, -0.2) is 94.4 Å². The van der Waals surface area contributed by atoms with Crippen LogP contribution in [-0.2, 0) is 39.3 Å². The number of piperazine rings is 2. The molecule has 0 atom stereocenters. The van der Waals surface area contributed by atoms with Crippen molar-refractivity contribution in [1.29, 1.82) is 0 Å². The second-order valence-electron chi connectivity index (χ2n) is 15.2. The lowest BCUT2D eigenvalue weighted by molar-refractivity contribution is 0.340. The SMILES string of the molecule is CCCc1ccc(Cc2csc(N3CCN(S(=O)(=O)c4ccc(F)cc4F)CC3)n2)cc1.CCOc1ccc(Cc2csc(N3CCN(S(=O)(=O)c4ccc(F)cc4F)CC3)n2)cc1. The first-order valence-corrected chi connectivity index (χ1v) is 25.5. The molecular weight excluding hydrogens is 909 g/mol. The molecule has 0 saturated carbocycles. The lowest BCUT2D eigenvalue weighted by atomic mass is 10.1. The summed E-state index contributed by atoms with van der Waals surface area (Å²) in [6.45, 7) is 7.38. The Morgan fingerprint density at radius 3 is 1.36 bits per heavy atom. The first-order chi connectivity index (χ1) is 30.7. The zero-order valence-corrected chi connectivity index (χ0v) is 38.6. The molecule has 6 aromatic rings. The normalized spacial score (nSPS) is 15.2. The molecule has 64 heavy (non-hydrogen) atoms. The molecule has 19 heteroatoms. The zero-order valence-electron chi connectivity index (χ0n) is 35.3. The maximum atomic E-state index is 14.0. The van der Waals surface area contributed by atoms with Crippen LogP contribution in [0.2, 0.25) is 0 Å². The number of hydrogen-bond acceptors (Lipinski definition) is 11. The minimum Gasteiger partial charge on any atom is -0.494 e. The monoisotopic (exact) mass is 956 g/mol. The van der Waals surface area contributed by atoms with Crippen LogP contribution in [0.5, 0.6) is 5.75 Å². The van der Waals surface area contributed by atoms with Gasteiger partial charge >= 0.3 is 0 Å². The summed E-state index contributed by atoms with van der Waals surface area (Å²) < 4.78 is 113. The molecule has 2 aliphatic rings. The highest BCUT2D eigenvalue weighted by Gasteiger charge is 2.33. The van der Waals surface area contributed by atoms with E-state index in [1.807, 2.05) is 51.7 Å². The maximum absolute atomic E-state index is 14.0. The third kappa shape index (κ3) is 11.5. The second-order valence-corrected chi connectivity index (χ2v) is 20.7. The Balaban J connectivity index is 0.000000191. The number of anilines is 2. The Labute approximate surface area is 379 Å². The highest BCUT2D eigenvalue weighted by Crippen LogP contribution is 2.29. The summed E-state index contributed by atoms with van der Waals surface area (Å²) in [5.74, 6) is -2.92. The molecule has 11 nitrogen and oxygen atoms in total. The number of rotatable bonds is 14. The van der Waals surface area contributed by atoms with Crippen LogP contribution in [0.1, 0.15) is 48.3 Å². The third-order valence-electron chi connectivity index (χ3n) is 10.7. The van der Waals surface area contributed by atoms with E-state index in [1.54, 1.807) is 11.3 Å². The van der Waals surface area contributed by atoms with Gasteiger partial charge in [-0.1, -0.05) is 49.7 Å². The molecule has 2 aliphatic heterocycles. The first-order valence-electron chi connectivity index (χ1n) is 20.8. The Morgan fingerprint density at radius 1 is 0.562 bits per heavy atom. The fraction of sp³-hybridized carbons (Fsp3) is 0.333. The molecular formula is C45H48F4N6O5S4. The Bertz CT molecular complexity index is 2540. The summed E-state index contributed by atoms with van der Waals surface area (Å²) in [6.07, 6.45) is 3.65. The lowest BCUT2D eigenvalue weighted by Crippen LogP contribution is -2.48. The van der Waals surface area contributed by atoms with Gasteiger partial charge < -0.3 is 14.5 Å². The van der Waals surface area contributed by atoms with Crippen molar-refractivity contribution in [3.63, 3.8) is 0 Å². The fourth-order valence-corrected chi connectivity index (χ4v) is 12.0. The minimum absolute atomic E-state index is 0.201. The number of nitrogens with zero attached hydrogens (tertiary/aromatic N) is 6. The van der Waals surface area contributed by atoms with Crippen molar-refractivity contribution in [2.75, 3.05) is 68.8 Å². The first kappa shape index (κ1) is 47.1. The average molecular weight is 957 g/mol. The van der Waals surface area contributed by atoms with E-state index in [0.29, 0.717) is 51.3 Å². The van der Waals surface area contributed by atoms with E-state index in [2.05, 4.69) is 31.2 Å². The van der Waals surface area contributed by atoms with E-state index in [-0.39, 0.29) is 26.2 Å². The smallest absolute Gasteiger partial charge is 0.246 e. The van der Waals surface area contributed by atoms with E-state index in [1.165, 1.54) is 31.1 Å². The van der Waals surface area contributed by atoms with Crippen molar-refractivity contribution in [3.8, 4) is 5.75 Å². The van der Waals surface area contributed by atoms with Gasteiger partial charge in [0.15, 0.2) is 10.3 Å². The van der Waals surface area contributed by atoms with E-state index in [9.17, 15) is 34.4 Å². The number of ether oxygens (including phenoxy) is 1. The molecule has 2 aromatic heterocycles. The van der Waals surface area contributed by atoms with Crippen LogP contribution in [0.3, 0.4) is 0 Å². The molecule has 4 heterocycles. The van der Waals surface area contributed by atoms with E-state index in [0.717, 1.165) is 76.5 Å². The highest BCUT2D eigenvalue weighted by atomic mass is 32.2. The van der Waals surface area contributed by atoms with Crippen LogP contribution in [0.4, 0.5) is 27.8 Å². The van der Waals surface area contributed by atoms with E-state index < -0.39 is 53.1 Å². The summed E-state index contributed by atoms with van der Waals surface area (Å²) in [5, 5.41) is 5.72. The molecule has 0 N–H and O–H groups in total. The largest absolute Gasteiger partial charge is 0.494 e. The standard InChI is InChI=1S/C23H25F2N3O2S2.C22H23F2N3O3S2/c1-2-3-17-4-6-18(7-5-17)14-20-16-31-23(26-20)27-10-12-28(13-11-27)32(29,30)22-9-8-19(24)15-21(22)25;1-2-30-19-6-3-16(4-7-19)13-18-15-31-22(25-18)26-9-11-27(12-10-26)32(28,29)21-8-5-17(23)14-20(21)24/h4-9,15-16H,2-3,10-14H2,1H3;3-8,14-15H,2,9-13H2,1H3. The quantitative estimate of drug-likeness (QED) is 0.0994. The highest BCUT2D eigenvalue weighted by molar-refractivity contribution is 7.89. The number of halogens is 4. The van der Waals surface area contributed by atoms with Crippen molar-refractivity contribution in [3.05, 3.63) is 147 Å². The Kier molecular flexibility index (Phi) is 15.4. The van der Waals surface area contributed by atoms with Gasteiger partial charge in [-0.3, -0.25) is 0 Å². The molecule has 0 unspecified atom stereocenters. The van der Waals surface area contributed by atoms with Gasteiger partial charge in [0.1, 0.15) is 38.8 Å². The van der Waals surface area contributed by atoms with Gasteiger partial charge in [-0.15, -0.1) is 22.7 Å². The number of aromatic nitrogens is 2. The summed E-state index contributed by atoms with van der Waals surface area (Å²) in [4.78, 5) is 12.5. The predicted octanol–water partition coefficient (Wildman–Crippen LogP) is 8.40. The van der Waals surface area contributed by atoms with E-state index in [4.69, 9.17) is 14.7 Å². The topological polar surface area (TPSA) is 116 Å². The van der Waals surface area contributed by atoms with Crippen molar-refractivity contribution in [2.45, 2.75) is 49.3 Å². The maximum Gasteiger partial charge on any atom is 0.246 e. The molecule has 2 saturated heterocycles. The van der Waals surface area contributed by atoms with Crippen LogP contribution in [0.15, 0.2) is 105 Å². The number of aryl methyl sites for hydroxylation is 1. The molecule has 8 rings (SSSR count). The lowest BCUT2D eigenvalue weighted by Gasteiger charge is -2.33. The molecule has 0 aliphatic carbocycles. The van der Waals surface area contributed by atoms with Gasteiger partial charge in [0, 0.05) is 88.1 Å². The minimum atomic E-state index is -4.02. The van der Waals surface area contributed by atoms with Crippen LogP contribution in [0, 0.1) is 23.3 Å². The second kappa shape index (κ2) is 20.9. The van der Waals surface area contributed by atoms with Crippen LogP contribution < -0.4 is 14.5 Å².